The quantitative estimate of drug-likeness (QED) is 0.881. The van der Waals surface area contributed by atoms with Crippen LogP contribution in [0.3, 0.4) is 0 Å². The first-order valence-corrected chi connectivity index (χ1v) is 9.67. The highest BCUT2D eigenvalue weighted by Crippen LogP contribution is 2.36. The molecule has 1 N–H and O–H groups in total. The first kappa shape index (κ1) is 18.5. The fourth-order valence-electron chi connectivity index (χ4n) is 3.28. The molecular formula is C19H20FN3O2S. The summed E-state index contributed by atoms with van der Waals surface area (Å²) in [7, 11) is 0. The lowest BCUT2D eigenvalue weighted by atomic mass is 9.87. The van der Waals surface area contributed by atoms with E-state index in [9.17, 15) is 19.2 Å². The van der Waals surface area contributed by atoms with Gasteiger partial charge in [0, 0.05) is 25.4 Å². The zero-order valence-electron chi connectivity index (χ0n) is 14.3. The molecule has 5 nitrogen and oxygen atoms in total. The van der Waals surface area contributed by atoms with Crippen molar-refractivity contribution in [1.29, 1.82) is 5.26 Å². The molecule has 1 aromatic carbocycles. The molecule has 7 heteroatoms. The Morgan fingerprint density at radius 1 is 1.27 bits per heavy atom. The minimum Gasteiger partial charge on any atom is -0.342 e. The second-order valence-corrected chi connectivity index (χ2v) is 7.43. The molecule has 2 amide bonds. The van der Waals surface area contributed by atoms with Crippen LogP contribution in [0.15, 0.2) is 34.9 Å². The molecule has 0 radical (unpaired) electrons. The minimum absolute atomic E-state index is 0.0256. The number of nitrogens with one attached hydrogen (secondary N) is 1. The summed E-state index contributed by atoms with van der Waals surface area (Å²) in [4.78, 5) is 26.3. The zero-order chi connectivity index (χ0) is 18.5. The third-order valence-corrected chi connectivity index (χ3v) is 5.68. The number of amides is 2. The predicted molar refractivity (Wildman–Crippen MR) is 97.4 cm³/mol. The highest BCUT2D eigenvalue weighted by Gasteiger charge is 2.30. The first-order valence-electron chi connectivity index (χ1n) is 8.68. The van der Waals surface area contributed by atoms with E-state index >= 15 is 0 Å². The van der Waals surface area contributed by atoms with Crippen LogP contribution in [0.25, 0.3) is 0 Å². The SMILES string of the molecule is N#CC1=C(SCC(=O)N2CCCCC2)NC(=O)C[C@H]1c1ccc(F)cc1. The summed E-state index contributed by atoms with van der Waals surface area (Å²) in [5, 5.41) is 12.8. The first-order chi connectivity index (χ1) is 12.6. The number of piperidine rings is 1. The number of thioether (sulfide) groups is 1. The molecule has 0 spiro atoms. The number of hydrogen-bond acceptors (Lipinski definition) is 4. The number of likely N-dealkylation sites (tertiary alicyclic amines) is 1. The third kappa shape index (κ3) is 4.25. The van der Waals surface area contributed by atoms with Crippen LogP contribution in [0.5, 0.6) is 0 Å². The Labute approximate surface area is 156 Å². The van der Waals surface area contributed by atoms with Gasteiger partial charge in [0.15, 0.2) is 0 Å². The maximum atomic E-state index is 13.2. The van der Waals surface area contributed by atoms with Crippen molar-refractivity contribution >= 4 is 23.6 Å². The van der Waals surface area contributed by atoms with E-state index in [0.29, 0.717) is 10.6 Å². The second-order valence-electron chi connectivity index (χ2n) is 6.44. The van der Waals surface area contributed by atoms with Crippen LogP contribution in [0.4, 0.5) is 4.39 Å². The van der Waals surface area contributed by atoms with Crippen molar-refractivity contribution in [3.05, 3.63) is 46.2 Å². The summed E-state index contributed by atoms with van der Waals surface area (Å²) < 4.78 is 13.2. The van der Waals surface area contributed by atoms with Crippen molar-refractivity contribution < 1.29 is 14.0 Å². The smallest absolute Gasteiger partial charge is 0.232 e. The molecule has 2 aliphatic rings. The lowest BCUT2D eigenvalue weighted by Crippen LogP contribution is -2.37. The number of carbonyl (C=O) groups is 2. The minimum atomic E-state index is -0.415. The summed E-state index contributed by atoms with van der Waals surface area (Å²) in [6.07, 6.45) is 3.33. The number of halogens is 1. The Kier molecular flexibility index (Phi) is 5.94. The maximum Gasteiger partial charge on any atom is 0.232 e. The summed E-state index contributed by atoms with van der Waals surface area (Å²) in [6.45, 7) is 1.54. The Bertz CT molecular complexity index is 764. The highest BCUT2D eigenvalue weighted by atomic mass is 32.2. The van der Waals surface area contributed by atoms with Crippen LogP contribution >= 0.6 is 11.8 Å². The molecule has 0 bridgehead atoms. The van der Waals surface area contributed by atoms with Crippen molar-refractivity contribution in [2.75, 3.05) is 18.8 Å². The average Bonchev–Trinajstić information content (AvgIpc) is 2.67. The molecule has 3 rings (SSSR count). The molecule has 1 aromatic rings. The lowest BCUT2D eigenvalue weighted by Gasteiger charge is -2.28. The molecule has 1 atom stereocenters. The van der Waals surface area contributed by atoms with E-state index in [4.69, 9.17) is 0 Å². The lowest BCUT2D eigenvalue weighted by molar-refractivity contribution is -0.129. The van der Waals surface area contributed by atoms with Gasteiger partial charge in [0.1, 0.15) is 5.82 Å². The Morgan fingerprint density at radius 2 is 1.96 bits per heavy atom. The van der Waals surface area contributed by atoms with Gasteiger partial charge in [-0.25, -0.2) is 4.39 Å². The largest absolute Gasteiger partial charge is 0.342 e. The van der Waals surface area contributed by atoms with Crippen LogP contribution in [-0.4, -0.2) is 35.6 Å². The van der Waals surface area contributed by atoms with Crippen molar-refractivity contribution in [3.63, 3.8) is 0 Å². The van der Waals surface area contributed by atoms with Crippen LogP contribution in [0, 0.1) is 17.1 Å². The van der Waals surface area contributed by atoms with Crippen molar-refractivity contribution in [2.24, 2.45) is 0 Å². The number of carbonyl (C=O) groups excluding carboxylic acids is 2. The monoisotopic (exact) mass is 373 g/mol. The number of rotatable bonds is 4. The van der Waals surface area contributed by atoms with E-state index in [2.05, 4.69) is 11.4 Å². The third-order valence-electron chi connectivity index (χ3n) is 4.68. The van der Waals surface area contributed by atoms with E-state index in [1.54, 1.807) is 12.1 Å². The Morgan fingerprint density at radius 3 is 2.62 bits per heavy atom. The van der Waals surface area contributed by atoms with E-state index in [1.807, 2.05) is 4.90 Å². The molecule has 2 aliphatic heterocycles. The van der Waals surface area contributed by atoms with Gasteiger partial charge in [-0.1, -0.05) is 23.9 Å². The fourth-order valence-corrected chi connectivity index (χ4v) is 4.26. The molecule has 1 saturated heterocycles. The van der Waals surface area contributed by atoms with Crippen LogP contribution < -0.4 is 5.32 Å². The second kappa shape index (κ2) is 8.37. The molecule has 1 fully saturated rings. The molecule has 0 unspecified atom stereocenters. The topological polar surface area (TPSA) is 73.2 Å². The average molecular weight is 373 g/mol. The van der Waals surface area contributed by atoms with E-state index < -0.39 is 5.92 Å². The van der Waals surface area contributed by atoms with Crippen LogP contribution in [-0.2, 0) is 9.59 Å². The number of benzene rings is 1. The van der Waals surface area contributed by atoms with Gasteiger partial charge >= 0.3 is 0 Å². The van der Waals surface area contributed by atoms with Crippen molar-refractivity contribution in [2.45, 2.75) is 31.6 Å². The standard InChI is InChI=1S/C19H20FN3O2S/c20-14-6-4-13(5-7-14)15-10-17(24)22-19(16(15)11-21)26-12-18(25)23-8-2-1-3-9-23/h4-7,15H,1-3,8-10,12H2,(H,22,24)/t15-/m0/s1. The molecule has 26 heavy (non-hydrogen) atoms. The summed E-state index contributed by atoms with van der Waals surface area (Å²) >= 11 is 1.20. The van der Waals surface area contributed by atoms with Gasteiger partial charge in [0.05, 0.1) is 22.4 Å². The van der Waals surface area contributed by atoms with Gasteiger partial charge in [0.25, 0.3) is 0 Å². The predicted octanol–water partition coefficient (Wildman–Crippen LogP) is 2.91. The molecule has 0 saturated carbocycles. The zero-order valence-corrected chi connectivity index (χ0v) is 15.2. The molecule has 136 valence electrons. The van der Waals surface area contributed by atoms with Gasteiger partial charge in [-0.3, -0.25) is 9.59 Å². The number of nitriles is 1. The van der Waals surface area contributed by atoms with Gasteiger partial charge in [-0.15, -0.1) is 0 Å². The Hall–Kier alpha value is -2.33. The number of hydrogen-bond donors (Lipinski definition) is 1. The molecule has 2 heterocycles. The van der Waals surface area contributed by atoms with Crippen LogP contribution in [0.2, 0.25) is 0 Å². The maximum absolute atomic E-state index is 13.2. The van der Waals surface area contributed by atoms with Crippen molar-refractivity contribution in [1.82, 2.24) is 10.2 Å². The Balaban J connectivity index is 1.76. The molecule has 0 aliphatic carbocycles. The fraction of sp³-hybridized carbons (Fsp3) is 0.421. The highest BCUT2D eigenvalue weighted by molar-refractivity contribution is 8.03. The van der Waals surface area contributed by atoms with Gasteiger partial charge < -0.3 is 10.2 Å². The molecule has 0 aromatic heterocycles. The van der Waals surface area contributed by atoms with E-state index in [-0.39, 0.29) is 29.8 Å². The van der Waals surface area contributed by atoms with E-state index in [1.165, 1.54) is 23.9 Å². The molecular weight excluding hydrogens is 353 g/mol. The summed E-state index contributed by atoms with van der Waals surface area (Å²) in [5.74, 6) is -0.763. The van der Waals surface area contributed by atoms with E-state index in [0.717, 1.165) is 37.9 Å². The normalized spacial score (nSPS) is 20.5. The summed E-state index contributed by atoms with van der Waals surface area (Å²) in [6, 6.07) is 8.00. The van der Waals surface area contributed by atoms with Gasteiger partial charge in [-0.2, -0.15) is 5.26 Å². The number of allylic oxidation sites excluding steroid dienone is 1. The number of nitrogens with zero attached hydrogens (tertiary/aromatic N) is 2. The van der Waals surface area contributed by atoms with Crippen LogP contribution in [0.1, 0.15) is 37.2 Å². The van der Waals surface area contributed by atoms with Gasteiger partial charge in [0.2, 0.25) is 11.8 Å². The van der Waals surface area contributed by atoms with Crippen molar-refractivity contribution in [3.8, 4) is 6.07 Å². The van der Waals surface area contributed by atoms with Gasteiger partial charge in [-0.05, 0) is 37.0 Å². The summed E-state index contributed by atoms with van der Waals surface area (Å²) in [5.41, 5.74) is 1.14.